The van der Waals surface area contributed by atoms with Crippen LogP contribution in [0.5, 0.6) is 0 Å². The highest BCUT2D eigenvalue weighted by Crippen LogP contribution is 2.40. The van der Waals surface area contributed by atoms with Crippen molar-refractivity contribution in [2.24, 2.45) is 0 Å². The maximum absolute atomic E-state index is 12.2. The predicted octanol–water partition coefficient (Wildman–Crippen LogP) is 6.97. The van der Waals surface area contributed by atoms with Gasteiger partial charge in [-0.3, -0.25) is 0 Å². The molecule has 0 fully saturated rings. The first-order chi connectivity index (χ1) is 16.4. The number of allylic oxidation sites excluding steroid dienone is 2. The van der Waals surface area contributed by atoms with Gasteiger partial charge in [0.05, 0.1) is 0 Å². The summed E-state index contributed by atoms with van der Waals surface area (Å²) in [6.45, 7) is 10.1. The molecule has 0 aliphatic rings. The number of rotatable bonds is 17. The molecule has 2 N–H and O–H groups in total. The Hall–Kier alpha value is -1.68. The molecular formula is C31H49NOSi. The average Bonchev–Trinajstić information content (AvgIpc) is 2.84. The molecule has 0 heterocycles. The molecule has 3 heteroatoms. The molecule has 0 saturated heterocycles. The minimum absolute atomic E-state index is 0.122. The Bertz CT molecular complexity index is 761. The monoisotopic (exact) mass is 479 g/mol. The summed E-state index contributed by atoms with van der Waals surface area (Å²) in [4.78, 5) is 12.2. The van der Waals surface area contributed by atoms with E-state index >= 15 is 0 Å². The van der Waals surface area contributed by atoms with Crippen LogP contribution >= 0.6 is 0 Å². The molecule has 0 amide bonds. The standard InChI is InChI=1S/C31H49NOSi/c1-28(2)32-27-21-13-11-9-7-5-6-8-10-12-20-26-31(3,4)34(33,29-22-16-14-17-23-29)30-24-18-15-19-25-30/h7,9,14-19,22-25,28,32-33H,5-6,8,10-13,20-21,26-27H2,1-4H3/b9-7-. The predicted molar refractivity (Wildman–Crippen MR) is 153 cm³/mol. The molecule has 34 heavy (non-hydrogen) atoms. The van der Waals surface area contributed by atoms with Crippen LogP contribution in [0, 0.1) is 0 Å². The Balaban J connectivity index is 1.71. The van der Waals surface area contributed by atoms with Crippen LogP contribution in [0.3, 0.4) is 0 Å². The van der Waals surface area contributed by atoms with Gasteiger partial charge in [0.1, 0.15) is 0 Å². The molecule has 0 aromatic heterocycles. The van der Waals surface area contributed by atoms with E-state index in [1.54, 1.807) is 0 Å². The Kier molecular flexibility index (Phi) is 12.9. The summed E-state index contributed by atoms with van der Waals surface area (Å²) in [5.74, 6) is 0. The molecule has 188 valence electrons. The topological polar surface area (TPSA) is 32.3 Å². The molecule has 0 spiro atoms. The maximum atomic E-state index is 12.2. The number of benzene rings is 2. The molecule has 0 saturated carbocycles. The molecule has 0 unspecified atom stereocenters. The van der Waals surface area contributed by atoms with Crippen LogP contribution in [-0.4, -0.2) is 25.7 Å². The summed E-state index contributed by atoms with van der Waals surface area (Å²) in [5.41, 5.74) is 0. The Morgan fingerprint density at radius 2 is 1.21 bits per heavy atom. The van der Waals surface area contributed by atoms with Crippen molar-refractivity contribution in [1.82, 2.24) is 5.32 Å². The molecule has 0 aliphatic heterocycles. The summed E-state index contributed by atoms with van der Waals surface area (Å²) in [6, 6.07) is 21.4. The molecule has 0 aliphatic carbocycles. The fraction of sp³-hybridized carbons (Fsp3) is 0.548. The van der Waals surface area contributed by atoms with Gasteiger partial charge < -0.3 is 10.1 Å². The van der Waals surface area contributed by atoms with E-state index in [1.807, 2.05) is 12.1 Å². The Morgan fingerprint density at radius 1 is 0.735 bits per heavy atom. The van der Waals surface area contributed by atoms with Crippen molar-refractivity contribution in [1.29, 1.82) is 0 Å². The maximum Gasteiger partial charge on any atom is 0.258 e. The van der Waals surface area contributed by atoms with Crippen LogP contribution in [0.4, 0.5) is 0 Å². The molecule has 0 bridgehead atoms. The van der Waals surface area contributed by atoms with E-state index in [0.717, 1.165) is 23.3 Å². The average molecular weight is 480 g/mol. The fourth-order valence-corrected chi connectivity index (χ4v) is 8.65. The van der Waals surface area contributed by atoms with Crippen LogP contribution in [-0.2, 0) is 0 Å². The lowest BCUT2D eigenvalue weighted by Crippen LogP contribution is -2.65. The van der Waals surface area contributed by atoms with Crippen molar-refractivity contribution in [3.05, 3.63) is 72.8 Å². The van der Waals surface area contributed by atoms with Crippen LogP contribution in [0.15, 0.2) is 72.8 Å². The highest BCUT2D eigenvalue weighted by Gasteiger charge is 2.49. The van der Waals surface area contributed by atoms with Crippen molar-refractivity contribution < 1.29 is 4.80 Å². The lowest BCUT2D eigenvalue weighted by molar-refractivity contribution is 0.446. The normalized spacial score (nSPS) is 12.6. The third kappa shape index (κ3) is 9.17. The number of nitrogens with one attached hydrogen (secondary N) is 1. The molecular weight excluding hydrogens is 430 g/mol. The van der Waals surface area contributed by atoms with Gasteiger partial charge in [0.15, 0.2) is 0 Å². The third-order valence-electron chi connectivity index (χ3n) is 7.05. The largest absolute Gasteiger partial charge is 0.424 e. The van der Waals surface area contributed by atoms with Crippen molar-refractivity contribution in [3.8, 4) is 0 Å². The van der Waals surface area contributed by atoms with Crippen molar-refractivity contribution in [3.63, 3.8) is 0 Å². The van der Waals surface area contributed by atoms with Crippen LogP contribution < -0.4 is 15.7 Å². The second-order valence-electron chi connectivity index (χ2n) is 10.7. The molecule has 2 aromatic rings. The first-order valence-electron chi connectivity index (χ1n) is 13.6. The van der Waals surface area contributed by atoms with E-state index < -0.39 is 8.32 Å². The zero-order valence-electron chi connectivity index (χ0n) is 22.2. The first kappa shape index (κ1) is 28.6. The van der Waals surface area contributed by atoms with Gasteiger partial charge in [0, 0.05) is 6.04 Å². The smallest absolute Gasteiger partial charge is 0.258 e. The van der Waals surface area contributed by atoms with Crippen LogP contribution in [0.25, 0.3) is 0 Å². The fourth-order valence-electron chi connectivity index (χ4n) is 4.86. The van der Waals surface area contributed by atoms with Crippen LogP contribution in [0.1, 0.15) is 91.9 Å². The van der Waals surface area contributed by atoms with Gasteiger partial charge in [-0.1, -0.05) is 126 Å². The zero-order valence-corrected chi connectivity index (χ0v) is 23.2. The number of hydrogen-bond acceptors (Lipinski definition) is 2. The van der Waals surface area contributed by atoms with Crippen molar-refractivity contribution in [2.75, 3.05) is 6.54 Å². The highest BCUT2D eigenvalue weighted by molar-refractivity contribution is 6.98. The molecule has 2 aromatic carbocycles. The first-order valence-corrected chi connectivity index (χ1v) is 15.5. The highest BCUT2D eigenvalue weighted by atomic mass is 28.4. The summed E-state index contributed by atoms with van der Waals surface area (Å²) < 4.78 is 0. The van der Waals surface area contributed by atoms with E-state index in [4.69, 9.17) is 0 Å². The molecule has 2 nitrogen and oxygen atoms in total. The minimum atomic E-state index is -2.85. The van der Waals surface area contributed by atoms with Crippen molar-refractivity contribution in [2.45, 2.75) is 103 Å². The Morgan fingerprint density at radius 3 is 1.74 bits per heavy atom. The summed E-state index contributed by atoms with van der Waals surface area (Å²) in [7, 11) is -2.85. The minimum Gasteiger partial charge on any atom is -0.424 e. The van der Waals surface area contributed by atoms with Gasteiger partial charge in [-0.25, -0.2) is 0 Å². The van der Waals surface area contributed by atoms with Gasteiger partial charge in [-0.2, -0.15) is 0 Å². The molecule has 0 radical (unpaired) electrons. The van der Waals surface area contributed by atoms with E-state index in [2.05, 4.69) is 93.7 Å². The SMILES string of the molecule is CC(C)NCCCC/C=C\CCCCCCCC(C)(C)[Si](O)(c1ccccc1)c1ccccc1. The second kappa shape index (κ2) is 15.3. The number of hydrogen-bond donors (Lipinski definition) is 2. The van der Waals surface area contributed by atoms with Crippen molar-refractivity contribution >= 4 is 18.7 Å². The lowest BCUT2D eigenvalue weighted by Gasteiger charge is -2.41. The van der Waals surface area contributed by atoms with Gasteiger partial charge >= 0.3 is 0 Å². The van der Waals surface area contributed by atoms with E-state index in [-0.39, 0.29) is 5.04 Å². The van der Waals surface area contributed by atoms with Gasteiger partial charge in [0.25, 0.3) is 8.32 Å². The quantitative estimate of drug-likeness (QED) is 0.146. The Labute approximate surface area is 211 Å². The van der Waals surface area contributed by atoms with Gasteiger partial charge in [0.2, 0.25) is 0 Å². The summed E-state index contributed by atoms with van der Waals surface area (Å²) in [6.07, 6.45) is 17.1. The van der Waals surface area contributed by atoms with E-state index in [1.165, 1.54) is 57.8 Å². The summed E-state index contributed by atoms with van der Waals surface area (Å²) >= 11 is 0. The zero-order chi connectivity index (χ0) is 24.7. The van der Waals surface area contributed by atoms with Gasteiger partial charge in [-0.05, 0) is 60.5 Å². The lowest BCUT2D eigenvalue weighted by atomic mass is 10.0. The van der Waals surface area contributed by atoms with Crippen LogP contribution in [0.2, 0.25) is 5.04 Å². The summed E-state index contributed by atoms with van der Waals surface area (Å²) in [5, 5.41) is 5.60. The second-order valence-corrected chi connectivity index (χ2v) is 14.6. The molecule has 2 rings (SSSR count). The van der Waals surface area contributed by atoms with E-state index in [0.29, 0.717) is 6.04 Å². The van der Waals surface area contributed by atoms with E-state index in [9.17, 15) is 4.80 Å². The molecule has 0 atom stereocenters. The van der Waals surface area contributed by atoms with Gasteiger partial charge in [-0.15, -0.1) is 0 Å². The number of unbranched alkanes of at least 4 members (excludes halogenated alkanes) is 7. The third-order valence-corrected chi connectivity index (χ3v) is 11.6.